The summed E-state index contributed by atoms with van der Waals surface area (Å²) in [6.07, 6.45) is 2.96. The van der Waals surface area contributed by atoms with Gasteiger partial charge in [-0.3, -0.25) is 4.79 Å². The molecule has 0 aliphatic heterocycles. The van der Waals surface area contributed by atoms with Crippen LogP contribution in [-0.2, 0) is 0 Å². The average Bonchev–Trinajstić information content (AvgIpc) is 2.59. The monoisotopic (exact) mass is 344 g/mol. The molecule has 0 saturated carbocycles. The Morgan fingerprint density at radius 1 is 1.08 bits per heavy atom. The van der Waals surface area contributed by atoms with Crippen molar-refractivity contribution in [3.63, 3.8) is 0 Å². The van der Waals surface area contributed by atoms with Crippen LogP contribution in [0, 0.1) is 5.82 Å². The molecule has 2 aromatic rings. The second kappa shape index (κ2) is 8.33. The predicted octanol–water partition coefficient (Wildman–Crippen LogP) is 4.53. The van der Waals surface area contributed by atoms with Gasteiger partial charge in [0.1, 0.15) is 0 Å². The van der Waals surface area contributed by atoms with E-state index in [-0.39, 0.29) is 23.2 Å². The van der Waals surface area contributed by atoms with Crippen LogP contribution in [0.25, 0.3) is 6.08 Å². The van der Waals surface area contributed by atoms with E-state index < -0.39 is 5.82 Å². The van der Waals surface area contributed by atoms with E-state index in [1.54, 1.807) is 19.3 Å². The summed E-state index contributed by atoms with van der Waals surface area (Å²) in [5.74, 6) is 0.344. The highest BCUT2D eigenvalue weighted by molar-refractivity contribution is 6.07. The molecule has 0 N–H and O–H groups in total. The largest absolute Gasteiger partial charge is 0.494 e. The van der Waals surface area contributed by atoms with Crippen molar-refractivity contribution in [2.24, 2.45) is 0 Å². The summed E-state index contributed by atoms with van der Waals surface area (Å²) in [4.78, 5) is 12.3. The molecule has 4 nitrogen and oxygen atoms in total. The Morgan fingerprint density at radius 2 is 1.80 bits per heavy atom. The topological polar surface area (TPSA) is 44.8 Å². The molecule has 2 aromatic carbocycles. The van der Waals surface area contributed by atoms with E-state index in [0.29, 0.717) is 17.1 Å². The Labute approximate surface area is 146 Å². The molecule has 25 heavy (non-hydrogen) atoms. The Balaban J connectivity index is 2.29. The van der Waals surface area contributed by atoms with Crippen LogP contribution < -0.4 is 14.2 Å². The van der Waals surface area contributed by atoms with Crippen molar-refractivity contribution < 1.29 is 23.4 Å². The Kier molecular flexibility index (Phi) is 6.17. The van der Waals surface area contributed by atoms with E-state index in [1.165, 1.54) is 25.3 Å². The van der Waals surface area contributed by atoms with Crippen LogP contribution in [0.15, 0.2) is 42.5 Å². The molecular weight excluding hydrogens is 323 g/mol. The lowest BCUT2D eigenvalue weighted by molar-refractivity contribution is 0.104. The summed E-state index contributed by atoms with van der Waals surface area (Å²) in [5.41, 5.74) is 0.944. The molecule has 132 valence electrons. The van der Waals surface area contributed by atoms with Gasteiger partial charge in [-0.25, -0.2) is 4.39 Å². The van der Waals surface area contributed by atoms with Gasteiger partial charge in [-0.2, -0.15) is 0 Å². The summed E-state index contributed by atoms with van der Waals surface area (Å²) in [6, 6.07) is 9.51. The van der Waals surface area contributed by atoms with E-state index >= 15 is 0 Å². The van der Waals surface area contributed by atoms with Crippen LogP contribution in [0.1, 0.15) is 29.8 Å². The molecule has 0 heterocycles. The highest BCUT2D eigenvalue weighted by atomic mass is 19.1. The zero-order valence-corrected chi connectivity index (χ0v) is 14.7. The van der Waals surface area contributed by atoms with Crippen molar-refractivity contribution in [2.75, 3.05) is 14.2 Å². The number of carbonyl (C=O) groups is 1. The molecule has 0 spiro atoms. The normalized spacial score (nSPS) is 11.0. The van der Waals surface area contributed by atoms with Gasteiger partial charge in [0.2, 0.25) is 0 Å². The maximum absolute atomic E-state index is 13.7. The number of allylic oxidation sites excluding steroid dienone is 1. The first-order valence-corrected chi connectivity index (χ1v) is 7.86. The summed E-state index contributed by atoms with van der Waals surface area (Å²) < 4.78 is 29.7. The van der Waals surface area contributed by atoms with Gasteiger partial charge in [0, 0.05) is 11.1 Å². The molecule has 0 amide bonds. The summed E-state index contributed by atoms with van der Waals surface area (Å²) in [7, 11) is 2.93. The number of hydrogen-bond donors (Lipinski definition) is 0. The van der Waals surface area contributed by atoms with Crippen molar-refractivity contribution in [1.82, 2.24) is 0 Å². The maximum atomic E-state index is 13.7. The number of para-hydroxylation sites is 1. The minimum absolute atomic E-state index is 0.0464. The lowest BCUT2D eigenvalue weighted by Gasteiger charge is -2.15. The van der Waals surface area contributed by atoms with E-state index in [1.807, 2.05) is 26.0 Å². The van der Waals surface area contributed by atoms with Gasteiger partial charge >= 0.3 is 0 Å². The summed E-state index contributed by atoms with van der Waals surface area (Å²) in [6.45, 7) is 3.82. The van der Waals surface area contributed by atoms with Crippen LogP contribution in [0.5, 0.6) is 17.2 Å². The van der Waals surface area contributed by atoms with Gasteiger partial charge in [-0.1, -0.05) is 12.1 Å². The van der Waals surface area contributed by atoms with E-state index in [9.17, 15) is 9.18 Å². The quantitative estimate of drug-likeness (QED) is 0.547. The lowest BCUT2D eigenvalue weighted by Crippen LogP contribution is -2.08. The number of methoxy groups -OCH3 is 2. The van der Waals surface area contributed by atoms with Crippen molar-refractivity contribution in [3.05, 3.63) is 59.4 Å². The zero-order valence-electron chi connectivity index (χ0n) is 14.7. The van der Waals surface area contributed by atoms with Crippen LogP contribution in [0.4, 0.5) is 4.39 Å². The maximum Gasteiger partial charge on any atom is 0.185 e. The zero-order chi connectivity index (χ0) is 18.4. The highest BCUT2D eigenvalue weighted by Crippen LogP contribution is 2.33. The van der Waals surface area contributed by atoms with Crippen LogP contribution in [0.3, 0.4) is 0 Å². The van der Waals surface area contributed by atoms with Crippen molar-refractivity contribution in [3.8, 4) is 17.2 Å². The first kappa shape index (κ1) is 18.5. The van der Waals surface area contributed by atoms with Crippen molar-refractivity contribution >= 4 is 11.9 Å². The second-order valence-electron chi connectivity index (χ2n) is 5.59. The third-order valence-corrected chi connectivity index (χ3v) is 3.43. The van der Waals surface area contributed by atoms with Gasteiger partial charge in [0.05, 0.1) is 20.3 Å². The first-order valence-electron chi connectivity index (χ1n) is 7.86. The third kappa shape index (κ3) is 4.59. The van der Waals surface area contributed by atoms with E-state index in [2.05, 4.69) is 0 Å². The lowest BCUT2D eigenvalue weighted by atomic mass is 10.1. The first-order chi connectivity index (χ1) is 12.0. The molecule has 0 fully saturated rings. The molecule has 0 bridgehead atoms. The van der Waals surface area contributed by atoms with Gasteiger partial charge in [0.25, 0.3) is 0 Å². The second-order valence-corrected chi connectivity index (χ2v) is 5.59. The molecular formula is C20H21FO4. The van der Waals surface area contributed by atoms with Crippen molar-refractivity contribution in [2.45, 2.75) is 20.0 Å². The van der Waals surface area contributed by atoms with Crippen LogP contribution in [-0.4, -0.2) is 26.1 Å². The van der Waals surface area contributed by atoms with Gasteiger partial charge in [-0.05, 0) is 50.3 Å². The minimum atomic E-state index is -0.577. The molecule has 0 aliphatic rings. The summed E-state index contributed by atoms with van der Waals surface area (Å²) in [5, 5.41) is 0. The Bertz CT molecular complexity index is 781. The standard InChI is InChI=1S/C20H21FO4/c1-13(2)25-20-14(6-5-7-19(20)24-4)8-10-17(22)15-9-11-18(23-3)16(21)12-15/h5-13H,1-4H3/b10-8+. The fraction of sp³-hybridized carbons (Fsp3) is 0.250. The molecule has 2 rings (SSSR count). The van der Waals surface area contributed by atoms with Crippen LogP contribution >= 0.6 is 0 Å². The van der Waals surface area contributed by atoms with Crippen molar-refractivity contribution in [1.29, 1.82) is 0 Å². The van der Waals surface area contributed by atoms with E-state index in [0.717, 1.165) is 6.07 Å². The fourth-order valence-corrected chi connectivity index (χ4v) is 2.27. The third-order valence-electron chi connectivity index (χ3n) is 3.43. The number of carbonyl (C=O) groups excluding carboxylic acids is 1. The highest BCUT2D eigenvalue weighted by Gasteiger charge is 2.12. The number of hydrogen-bond acceptors (Lipinski definition) is 4. The average molecular weight is 344 g/mol. The number of rotatable bonds is 7. The van der Waals surface area contributed by atoms with Gasteiger partial charge in [-0.15, -0.1) is 0 Å². The fourth-order valence-electron chi connectivity index (χ4n) is 2.27. The van der Waals surface area contributed by atoms with Crippen LogP contribution in [0.2, 0.25) is 0 Å². The molecule has 0 radical (unpaired) electrons. The summed E-state index contributed by atoms with van der Waals surface area (Å²) >= 11 is 0. The number of ether oxygens (including phenoxy) is 3. The molecule has 0 atom stereocenters. The molecule has 0 aliphatic carbocycles. The smallest absolute Gasteiger partial charge is 0.185 e. The molecule has 5 heteroatoms. The van der Waals surface area contributed by atoms with E-state index in [4.69, 9.17) is 14.2 Å². The Morgan fingerprint density at radius 3 is 2.40 bits per heavy atom. The SMILES string of the molecule is COc1ccc(C(=O)/C=C/c2cccc(OC)c2OC(C)C)cc1F. The molecule has 0 aromatic heterocycles. The van der Waals surface area contributed by atoms with Gasteiger partial charge < -0.3 is 14.2 Å². The number of benzene rings is 2. The predicted molar refractivity (Wildman–Crippen MR) is 95.1 cm³/mol. The number of ketones is 1. The number of halogens is 1. The minimum Gasteiger partial charge on any atom is -0.494 e. The Hall–Kier alpha value is -2.82. The van der Waals surface area contributed by atoms with Gasteiger partial charge in [0.15, 0.2) is 28.8 Å². The molecule has 0 saturated heterocycles. The molecule has 0 unspecified atom stereocenters.